The molecular weight excluding hydrogens is 458 g/mol. The lowest BCUT2D eigenvalue weighted by Gasteiger charge is -2.22. The van der Waals surface area contributed by atoms with E-state index in [1.807, 2.05) is 54.6 Å². The van der Waals surface area contributed by atoms with Gasteiger partial charge in [-0.05, 0) is 49.1 Å². The van der Waals surface area contributed by atoms with Crippen LogP contribution in [0, 0.1) is 5.92 Å². The molecule has 2 N–H and O–H groups in total. The highest BCUT2D eigenvalue weighted by Crippen LogP contribution is 2.28. The van der Waals surface area contributed by atoms with E-state index in [2.05, 4.69) is 0 Å². The Morgan fingerprint density at radius 1 is 0.861 bits per heavy atom. The van der Waals surface area contributed by atoms with E-state index in [1.165, 1.54) is 0 Å². The number of aliphatic carboxylic acids is 1. The van der Waals surface area contributed by atoms with Crippen molar-refractivity contribution in [3.05, 3.63) is 95.6 Å². The predicted octanol–water partition coefficient (Wildman–Crippen LogP) is 4.78. The highest BCUT2D eigenvalue weighted by atomic mass is 16.4. The Morgan fingerprint density at radius 2 is 1.50 bits per heavy atom. The van der Waals surface area contributed by atoms with Crippen molar-refractivity contribution in [2.45, 2.75) is 25.4 Å². The number of furan rings is 1. The molecular formula is C29H25NO6. The van der Waals surface area contributed by atoms with Gasteiger partial charge in [0.25, 0.3) is 11.8 Å². The van der Waals surface area contributed by atoms with Crippen LogP contribution in [0.4, 0.5) is 0 Å². The number of carboxylic acids is 1. The van der Waals surface area contributed by atoms with E-state index >= 15 is 0 Å². The molecule has 2 atom stereocenters. The van der Waals surface area contributed by atoms with Gasteiger partial charge in [-0.3, -0.25) is 19.3 Å². The number of carboxylic acid groups (broad SMARTS) is 1. The molecule has 7 heteroatoms. The Kier molecular flexibility index (Phi) is 6.40. The molecule has 182 valence electrons. The van der Waals surface area contributed by atoms with Crippen LogP contribution in [-0.2, 0) is 11.2 Å². The van der Waals surface area contributed by atoms with Gasteiger partial charge < -0.3 is 14.6 Å². The van der Waals surface area contributed by atoms with E-state index in [1.54, 1.807) is 24.3 Å². The molecule has 2 amide bonds. The van der Waals surface area contributed by atoms with Crippen LogP contribution in [0.15, 0.2) is 83.3 Å². The van der Waals surface area contributed by atoms with Gasteiger partial charge in [-0.2, -0.15) is 0 Å². The molecule has 0 saturated carbocycles. The van der Waals surface area contributed by atoms with Crippen molar-refractivity contribution in [3.63, 3.8) is 0 Å². The normalized spacial score (nSPS) is 14.8. The fourth-order valence-electron chi connectivity index (χ4n) is 4.67. The number of rotatable bonds is 9. The van der Waals surface area contributed by atoms with Crippen LogP contribution in [0.1, 0.15) is 39.1 Å². The molecule has 4 aromatic rings. The van der Waals surface area contributed by atoms with Crippen LogP contribution in [0.25, 0.3) is 22.3 Å². The summed E-state index contributed by atoms with van der Waals surface area (Å²) in [5, 5.41) is 21.4. The van der Waals surface area contributed by atoms with Gasteiger partial charge in [0.2, 0.25) is 0 Å². The van der Waals surface area contributed by atoms with Crippen LogP contribution < -0.4 is 0 Å². The first kappa shape index (κ1) is 23.5. The van der Waals surface area contributed by atoms with Crippen molar-refractivity contribution in [1.82, 2.24) is 4.90 Å². The van der Waals surface area contributed by atoms with Gasteiger partial charge in [-0.1, -0.05) is 54.6 Å². The standard InChI is InChI=1S/C29H25NO6/c31-24(23(29(34)35)15-16-30-27(32)21-6-2-3-7-22(21)28(30)33)14-11-18-9-12-19(13-10-18)26-17-20-5-1-4-8-25(20)36-26/h1-10,12-13,17,23-24,31H,11,14-16H2,(H,34,35). The maximum Gasteiger partial charge on any atom is 0.309 e. The first-order valence-electron chi connectivity index (χ1n) is 11.9. The average Bonchev–Trinajstić information content (AvgIpc) is 3.43. The van der Waals surface area contributed by atoms with Gasteiger partial charge in [0.15, 0.2) is 0 Å². The smallest absolute Gasteiger partial charge is 0.309 e. The number of carbonyl (C=O) groups is 3. The van der Waals surface area contributed by atoms with Crippen molar-refractivity contribution in [2.75, 3.05) is 6.54 Å². The van der Waals surface area contributed by atoms with E-state index in [0.29, 0.717) is 17.5 Å². The largest absolute Gasteiger partial charge is 0.481 e. The third-order valence-electron chi connectivity index (χ3n) is 6.72. The number of benzene rings is 3. The quantitative estimate of drug-likeness (QED) is 0.332. The Morgan fingerprint density at radius 3 is 2.14 bits per heavy atom. The van der Waals surface area contributed by atoms with Gasteiger partial charge in [0.1, 0.15) is 11.3 Å². The van der Waals surface area contributed by atoms with Crippen LogP contribution in [-0.4, -0.2) is 45.5 Å². The number of imide groups is 1. The number of hydrogen-bond donors (Lipinski definition) is 2. The minimum atomic E-state index is -1.15. The average molecular weight is 484 g/mol. The second kappa shape index (κ2) is 9.79. The van der Waals surface area contributed by atoms with E-state index in [9.17, 15) is 24.6 Å². The third-order valence-corrected chi connectivity index (χ3v) is 6.72. The SMILES string of the molecule is O=C(O)C(CCN1C(=O)c2ccccc2C1=O)C(O)CCc1ccc(-c2cc3ccccc3o2)cc1. The summed E-state index contributed by atoms with van der Waals surface area (Å²) in [5.41, 5.74) is 3.35. The predicted molar refractivity (Wildman–Crippen MR) is 134 cm³/mol. The maximum atomic E-state index is 12.5. The number of aryl methyl sites for hydroxylation is 1. The van der Waals surface area contributed by atoms with Gasteiger partial charge in [-0.15, -0.1) is 0 Å². The van der Waals surface area contributed by atoms with Gasteiger partial charge >= 0.3 is 5.97 Å². The Labute approximate surface area is 207 Å². The summed E-state index contributed by atoms with van der Waals surface area (Å²) in [6.45, 7) is -0.0629. The van der Waals surface area contributed by atoms with E-state index in [-0.39, 0.29) is 19.4 Å². The van der Waals surface area contributed by atoms with Crippen LogP contribution in [0.3, 0.4) is 0 Å². The summed E-state index contributed by atoms with van der Waals surface area (Å²) in [6, 6.07) is 24.1. The van der Waals surface area contributed by atoms with Gasteiger partial charge in [0, 0.05) is 17.5 Å². The lowest BCUT2D eigenvalue weighted by molar-refractivity contribution is -0.146. The third kappa shape index (κ3) is 4.53. The molecule has 1 aliphatic rings. The fourth-order valence-corrected chi connectivity index (χ4v) is 4.67. The molecule has 3 aromatic carbocycles. The zero-order valence-corrected chi connectivity index (χ0v) is 19.5. The number of carbonyl (C=O) groups excluding carboxylic acids is 2. The maximum absolute atomic E-state index is 12.5. The summed E-state index contributed by atoms with van der Waals surface area (Å²) in [4.78, 5) is 38.0. The van der Waals surface area contributed by atoms with Crippen molar-refractivity contribution in [2.24, 2.45) is 5.92 Å². The molecule has 1 aliphatic heterocycles. The topological polar surface area (TPSA) is 108 Å². The molecule has 0 fully saturated rings. The molecule has 0 saturated heterocycles. The molecule has 7 nitrogen and oxygen atoms in total. The minimum absolute atomic E-state index is 0.0209. The number of aliphatic hydroxyl groups is 1. The molecule has 2 heterocycles. The molecule has 5 rings (SSSR count). The number of amides is 2. The number of para-hydroxylation sites is 1. The Balaban J connectivity index is 1.19. The monoisotopic (exact) mass is 483 g/mol. The first-order chi connectivity index (χ1) is 17.4. The van der Waals surface area contributed by atoms with Crippen LogP contribution in [0.5, 0.6) is 0 Å². The number of nitrogens with zero attached hydrogens (tertiary/aromatic N) is 1. The molecule has 2 unspecified atom stereocenters. The molecule has 0 bridgehead atoms. The van der Waals surface area contributed by atoms with E-state index < -0.39 is 29.8 Å². The lowest BCUT2D eigenvalue weighted by atomic mass is 9.93. The van der Waals surface area contributed by atoms with Crippen LogP contribution in [0.2, 0.25) is 0 Å². The van der Waals surface area contributed by atoms with Crippen molar-refractivity contribution < 1.29 is 29.0 Å². The number of hydrogen-bond acceptors (Lipinski definition) is 5. The summed E-state index contributed by atoms with van der Waals surface area (Å²) in [7, 11) is 0. The molecule has 1 aromatic heterocycles. The molecule has 0 aliphatic carbocycles. The zero-order valence-electron chi connectivity index (χ0n) is 19.5. The van der Waals surface area contributed by atoms with Gasteiger partial charge in [-0.25, -0.2) is 0 Å². The summed E-state index contributed by atoms with van der Waals surface area (Å²) < 4.78 is 5.90. The summed E-state index contributed by atoms with van der Waals surface area (Å²) in [6.07, 6.45) is -0.415. The summed E-state index contributed by atoms with van der Waals surface area (Å²) in [5.74, 6) is -2.34. The molecule has 0 spiro atoms. The Bertz CT molecular complexity index is 1370. The highest BCUT2D eigenvalue weighted by Gasteiger charge is 2.36. The second-order valence-electron chi connectivity index (χ2n) is 8.99. The summed E-state index contributed by atoms with van der Waals surface area (Å²) >= 11 is 0. The minimum Gasteiger partial charge on any atom is -0.481 e. The fraction of sp³-hybridized carbons (Fsp3) is 0.207. The van der Waals surface area contributed by atoms with Crippen molar-refractivity contribution in [3.8, 4) is 11.3 Å². The van der Waals surface area contributed by atoms with Crippen LogP contribution >= 0.6 is 0 Å². The highest BCUT2D eigenvalue weighted by molar-refractivity contribution is 6.21. The number of fused-ring (bicyclic) bond motifs is 2. The molecule has 36 heavy (non-hydrogen) atoms. The molecule has 0 radical (unpaired) electrons. The zero-order chi connectivity index (χ0) is 25.2. The first-order valence-corrected chi connectivity index (χ1v) is 11.9. The van der Waals surface area contributed by atoms with E-state index in [4.69, 9.17) is 4.42 Å². The van der Waals surface area contributed by atoms with Gasteiger partial charge in [0.05, 0.1) is 23.1 Å². The van der Waals surface area contributed by atoms with E-state index in [0.717, 1.165) is 32.8 Å². The Hall–Kier alpha value is -4.23. The number of aliphatic hydroxyl groups excluding tert-OH is 1. The van der Waals surface area contributed by atoms with Crippen molar-refractivity contribution >= 4 is 28.8 Å². The second-order valence-corrected chi connectivity index (χ2v) is 8.99. The van der Waals surface area contributed by atoms with Crippen molar-refractivity contribution in [1.29, 1.82) is 0 Å². The lowest BCUT2D eigenvalue weighted by Crippen LogP contribution is -2.36.